The highest BCUT2D eigenvalue weighted by Gasteiger charge is 2.43. The summed E-state index contributed by atoms with van der Waals surface area (Å²) in [6.45, 7) is 3.53. The van der Waals surface area contributed by atoms with E-state index in [4.69, 9.17) is 16.3 Å². The lowest BCUT2D eigenvalue weighted by atomic mass is 9.96. The summed E-state index contributed by atoms with van der Waals surface area (Å²) in [5, 5.41) is 6.70. The minimum absolute atomic E-state index is 0.0485. The predicted molar refractivity (Wildman–Crippen MR) is 131 cm³/mol. The molecule has 3 fully saturated rings. The minimum Gasteiger partial charge on any atom is -0.476 e. The van der Waals surface area contributed by atoms with Gasteiger partial charge in [0.15, 0.2) is 5.60 Å². The average Bonchev–Trinajstić information content (AvgIpc) is 3.58. The molecule has 2 aliphatic heterocycles. The van der Waals surface area contributed by atoms with Crippen molar-refractivity contribution in [3.63, 3.8) is 0 Å². The van der Waals surface area contributed by atoms with Crippen LogP contribution in [0.5, 0.6) is 5.75 Å². The van der Waals surface area contributed by atoms with Gasteiger partial charge >= 0.3 is 0 Å². The fourth-order valence-electron chi connectivity index (χ4n) is 5.05. The summed E-state index contributed by atoms with van der Waals surface area (Å²) >= 11 is 6.21. The Morgan fingerprint density at radius 1 is 1.00 bits per heavy atom. The van der Waals surface area contributed by atoms with Crippen molar-refractivity contribution >= 4 is 29.2 Å². The Labute approximate surface area is 205 Å². The maximum atomic E-state index is 13.1. The number of fused-ring (bicyclic) bond motifs is 2. The van der Waals surface area contributed by atoms with Crippen molar-refractivity contribution in [3.05, 3.63) is 53.2 Å². The van der Waals surface area contributed by atoms with E-state index in [1.165, 1.54) is 0 Å². The molecule has 2 bridgehead atoms. The molecule has 0 spiro atoms. The van der Waals surface area contributed by atoms with Crippen LogP contribution in [0.4, 0.5) is 5.82 Å². The number of amides is 2. The fraction of sp³-hybridized carbons (Fsp3) is 0.500. The topological polar surface area (TPSA) is 83.6 Å². The number of ether oxygens (including phenoxy) is 1. The van der Waals surface area contributed by atoms with Gasteiger partial charge in [-0.15, -0.1) is 0 Å². The van der Waals surface area contributed by atoms with Gasteiger partial charge in [-0.25, -0.2) is 4.98 Å². The average molecular weight is 483 g/mol. The summed E-state index contributed by atoms with van der Waals surface area (Å²) < 4.78 is 5.96. The largest absolute Gasteiger partial charge is 0.476 e. The highest BCUT2D eigenvalue weighted by Crippen LogP contribution is 2.39. The zero-order valence-corrected chi connectivity index (χ0v) is 20.3. The predicted octanol–water partition coefficient (Wildman–Crippen LogP) is 4.10. The van der Waals surface area contributed by atoms with Gasteiger partial charge in [0.05, 0.1) is 10.6 Å². The van der Waals surface area contributed by atoms with Gasteiger partial charge < -0.3 is 20.3 Å². The van der Waals surface area contributed by atoms with Crippen molar-refractivity contribution in [3.8, 4) is 5.75 Å². The SMILES string of the molecule is CC(C)(Oc1ccccc1Cl)C(=O)N[C@H]1C[C@H]2CC[C@@H](C1)N2c1ccc(C(=O)NC2CC2)cn1. The summed E-state index contributed by atoms with van der Waals surface area (Å²) in [6, 6.07) is 12.0. The monoisotopic (exact) mass is 482 g/mol. The molecule has 8 heteroatoms. The number of nitrogens with one attached hydrogen (secondary N) is 2. The van der Waals surface area contributed by atoms with E-state index in [1.807, 2.05) is 24.3 Å². The number of pyridine rings is 1. The molecule has 0 radical (unpaired) electrons. The number of halogens is 1. The number of nitrogens with zero attached hydrogens (tertiary/aromatic N) is 2. The molecule has 0 unspecified atom stereocenters. The van der Waals surface area contributed by atoms with E-state index in [0.717, 1.165) is 44.3 Å². The van der Waals surface area contributed by atoms with E-state index in [-0.39, 0.29) is 17.9 Å². The maximum absolute atomic E-state index is 13.1. The Bertz CT molecular complexity index is 1060. The molecule has 2 aromatic rings. The van der Waals surface area contributed by atoms with Gasteiger partial charge in [-0.1, -0.05) is 23.7 Å². The smallest absolute Gasteiger partial charge is 0.263 e. The number of carbonyl (C=O) groups excluding carboxylic acids is 2. The molecule has 1 aromatic heterocycles. The summed E-state index contributed by atoms with van der Waals surface area (Å²) in [7, 11) is 0. The second-order valence-corrected chi connectivity index (χ2v) is 10.5. The second kappa shape index (κ2) is 9.10. The number of rotatable bonds is 7. The Balaban J connectivity index is 1.20. The molecule has 3 atom stereocenters. The van der Waals surface area contributed by atoms with Crippen LogP contribution in [0.2, 0.25) is 5.02 Å². The molecule has 1 saturated carbocycles. The van der Waals surface area contributed by atoms with Crippen LogP contribution in [-0.4, -0.2) is 46.6 Å². The van der Waals surface area contributed by atoms with E-state index in [9.17, 15) is 9.59 Å². The van der Waals surface area contributed by atoms with Gasteiger partial charge in [-0.3, -0.25) is 9.59 Å². The van der Waals surface area contributed by atoms with Crippen molar-refractivity contribution in [2.24, 2.45) is 0 Å². The van der Waals surface area contributed by atoms with Crippen molar-refractivity contribution in [2.45, 2.75) is 82.1 Å². The zero-order chi connectivity index (χ0) is 23.9. The Hall–Kier alpha value is -2.80. The Morgan fingerprint density at radius 2 is 1.71 bits per heavy atom. The summed E-state index contributed by atoms with van der Waals surface area (Å²) in [5.74, 6) is 1.21. The van der Waals surface area contributed by atoms with Crippen molar-refractivity contribution < 1.29 is 14.3 Å². The Kier molecular flexibility index (Phi) is 6.15. The first kappa shape index (κ1) is 23.0. The number of piperidine rings is 1. The lowest BCUT2D eigenvalue weighted by Crippen LogP contribution is -2.55. The van der Waals surface area contributed by atoms with Crippen LogP contribution < -0.4 is 20.3 Å². The van der Waals surface area contributed by atoms with Crippen LogP contribution in [0.15, 0.2) is 42.6 Å². The number of anilines is 1. The summed E-state index contributed by atoms with van der Waals surface area (Å²) in [6.07, 6.45) is 7.66. The molecule has 34 heavy (non-hydrogen) atoms. The first-order valence-electron chi connectivity index (χ1n) is 12.1. The highest BCUT2D eigenvalue weighted by molar-refractivity contribution is 6.32. The molecule has 3 heterocycles. The van der Waals surface area contributed by atoms with Gasteiger partial charge in [0.1, 0.15) is 11.6 Å². The second-order valence-electron chi connectivity index (χ2n) is 10.1. The molecule has 1 aromatic carbocycles. The maximum Gasteiger partial charge on any atom is 0.263 e. The van der Waals surface area contributed by atoms with Crippen LogP contribution in [-0.2, 0) is 4.79 Å². The first-order valence-corrected chi connectivity index (χ1v) is 12.5. The number of hydrogen-bond acceptors (Lipinski definition) is 5. The molecule has 2 N–H and O–H groups in total. The molecule has 180 valence electrons. The normalized spacial score (nSPS) is 24.0. The van der Waals surface area contributed by atoms with Crippen LogP contribution in [0.1, 0.15) is 62.7 Å². The van der Waals surface area contributed by atoms with E-state index in [2.05, 4.69) is 20.5 Å². The van der Waals surface area contributed by atoms with Gasteiger partial charge in [0.25, 0.3) is 11.8 Å². The molecular formula is C26H31ClN4O3. The van der Waals surface area contributed by atoms with E-state index >= 15 is 0 Å². The number of carbonyl (C=O) groups is 2. The third kappa shape index (κ3) is 4.85. The molecule has 1 aliphatic carbocycles. The van der Waals surface area contributed by atoms with E-state index in [0.29, 0.717) is 34.5 Å². The number of benzene rings is 1. The molecule has 2 amide bonds. The highest BCUT2D eigenvalue weighted by atomic mass is 35.5. The van der Waals surface area contributed by atoms with Crippen LogP contribution >= 0.6 is 11.6 Å². The van der Waals surface area contributed by atoms with Gasteiger partial charge in [0, 0.05) is 30.4 Å². The first-order chi connectivity index (χ1) is 16.3. The summed E-state index contributed by atoms with van der Waals surface area (Å²) in [5.41, 5.74) is -0.439. The van der Waals surface area contributed by atoms with Crippen molar-refractivity contribution in [1.29, 1.82) is 0 Å². The van der Waals surface area contributed by atoms with Crippen LogP contribution in [0, 0.1) is 0 Å². The molecule has 3 aliphatic rings. The van der Waals surface area contributed by atoms with Gasteiger partial charge in [-0.2, -0.15) is 0 Å². The molecule has 5 rings (SSSR count). The molecule has 2 saturated heterocycles. The summed E-state index contributed by atoms with van der Waals surface area (Å²) in [4.78, 5) is 32.3. The third-order valence-electron chi connectivity index (χ3n) is 7.00. The third-order valence-corrected chi connectivity index (χ3v) is 7.32. The number of aromatic nitrogens is 1. The lowest BCUT2D eigenvalue weighted by molar-refractivity contribution is -0.135. The molecular weight excluding hydrogens is 452 g/mol. The van der Waals surface area contributed by atoms with Gasteiger partial charge in [0.2, 0.25) is 0 Å². The number of para-hydroxylation sites is 1. The van der Waals surface area contributed by atoms with E-state index in [1.54, 1.807) is 32.2 Å². The number of hydrogen-bond donors (Lipinski definition) is 2. The minimum atomic E-state index is -1.04. The quantitative estimate of drug-likeness (QED) is 0.620. The van der Waals surface area contributed by atoms with Gasteiger partial charge in [-0.05, 0) is 76.6 Å². The molecule has 7 nitrogen and oxygen atoms in total. The fourth-order valence-corrected chi connectivity index (χ4v) is 5.22. The standard InChI is InChI=1S/C26H31ClN4O3/c1-26(2,34-22-6-4-3-5-21(22)27)25(33)30-18-13-19-10-11-20(14-18)31(19)23-12-7-16(15-28-23)24(32)29-17-8-9-17/h3-7,12,15,17-20H,8-11,13-14H2,1-2H3,(H,29,32)(H,30,33)/t18-,19+,20-. The zero-order valence-electron chi connectivity index (χ0n) is 19.6. The van der Waals surface area contributed by atoms with Crippen molar-refractivity contribution in [1.82, 2.24) is 15.6 Å². The van der Waals surface area contributed by atoms with Crippen LogP contribution in [0.3, 0.4) is 0 Å². The lowest BCUT2D eigenvalue weighted by Gasteiger charge is -2.40. The Morgan fingerprint density at radius 3 is 2.32 bits per heavy atom. The van der Waals surface area contributed by atoms with Crippen LogP contribution in [0.25, 0.3) is 0 Å². The van der Waals surface area contributed by atoms with E-state index < -0.39 is 5.60 Å². The van der Waals surface area contributed by atoms with Crippen molar-refractivity contribution in [2.75, 3.05) is 4.90 Å².